The summed E-state index contributed by atoms with van der Waals surface area (Å²) in [5.74, 6) is 0.318. The second-order valence-corrected chi connectivity index (χ2v) is 8.51. The van der Waals surface area contributed by atoms with E-state index in [-0.39, 0.29) is 23.8 Å². The molecule has 166 valence electrons. The molecule has 0 saturated heterocycles. The second kappa shape index (κ2) is 11.2. The number of aromatic nitrogens is 1. The molecule has 1 saturated carbocycles. The molecule has 1 heterocycles. The minimum absolute atomic E-state index is 0.0237. The Hall–Kier alpha value is -2.73. The highest BCUT2D eigenvalue weighted by atomic mass is 35.5. The summed E-state index contributed by atoms with van der Waals surface area (Å²) in [5.41, 5.74) is 3.33. The number of nitrogens with zero attached hydrogens (tertiary/aromatic N) is 2. The van der Waals surface area contributed by atoms with Gasteiger partial charge in [0.05, 0.1) is 0 Å². The molecule has 2 N–H and O–H groups in total. The number of benzene rings is 2. The maximum atomic E-state index is 12.7. The molecule has 5 nitrogen and oxygen atoms in total. The van der Waals surface area contributed by atoms with Gasteiger partial charge in [-0.1, -0.05) is 60.7 Å². The number of hydrogen-bond donors (Lipinski definition) is 2. The van der Waals surface area contributed by atoms with Gasteiger partial charge in [-0.2, -0.15) is 4.94 Å². The molecule has 3 aromatic rings. The molecular weight excluding hydrogens is 420 g/mol. The van der Waals surface area contributed by atoms with E-state index < -0.39 is 0 Å². The summed E-state index contributed by atoms with van der Waals surface area (Å²) in [6.07, 6.45) is 6.91. The molecule has 1 amide bonds. The van der Waals surface area contributed by atoms with E-state index in [1.165, 1.54) is 11.1 Å². The zero-order chi connectivity index (χ0) is 22.2. The average molecular weight is 449 g/mol. The highest BCUT2D eigenvalue weighted by molar-refractivity contribution is 6.13. The molecular formula is C26H29ClN4O. The van der Waals surface area contributed by atoms with Crippen molar-refractivity contribution in [3.63, 3.8) is 0 Å². The SMILES string of the molecule is O=C(Nc1ccncc1)C1CCC(N(CC(c2ccccc2)c2ccccc2)NCl)CC1. The van der Waals surface area contributed by atoms with Crippen LogP contribution in [0.5, 0.6) is 0 Å². The molecule has 4 rings (SSSR count). The first-order valence-corrected chi connectivity index (χ1v) is 11.6. The lowest BCUT2D eigenvalue weighted by Crippen LogP contribution is -2.46. The molecule has 0 spiro atoms. The Labute approximate surface area is 194 Å². The number of hydrogen-bond acceptors (Lipinski definition) is 4. The summed E-state index contributed by atoms with van der Waals surface area (Å²) in [6, 6.07) is 25.0. The third-order valence-electron chi connectivity index (χ3n) is 6.35. The van der Waals surface area contributed by atoms with Gasteiger partial charge in [-0.05, 0) is 60.7 Å². The van der Waals surface area contributed by atoms with Crippen molar-refractivity contribution in [1.82, 2.24) is 14.9 Å². The van der Waals surface area contributed by atoms with Crippen LogP contribution in [0.3, 0.4) is 0 Å². The normalized spacial score (nSPS) is 18.6. The Bertz CT molecular complexity index is 923. The summed E-state index contributed by atoms with van der Waals surface area (Å²) in [7, 11) is 0. The zero-order valence-corrected chi connectivity index (χ0v) is 18.8. The Morgan fingerprint density at radius 3 is 2.00 bits per heavy atom. The largest absolute Gasteiger partial charge is 0.326 e. The minimum Gasteiger partial charge on any atom is -0.326 e. The van der Waals surface area contributed by atoms with Crippen LogP contribution in [0.1, 0.15) is 42.7 Å². The summed E-state index contributed by atoms with van der Waals surface area (Å²) in [4.78, 5) is 19.6. The number of nitrogens with one attached hydrogen (secondary N) is 2. The fourth-order valence-corrected chi connectivity index (χ4v) is 4.76. The van der Waals surface area contributed by atoms with Gasteiger partial charge in [-0.25, -0.2) is 5.01 Å². The van der Waals surface area contributed by atoms with Crippen LogP contribution >= 0.6 is 11.8 Å². The van der Waals surface area contributed by atoms with Crippen LogP contribution in [0.4, 0.5) is 5.69 Å². The monoisotopic (exact) mass is 448 g/mol. The minimum atomic E-state index is 0.0237. The fraction of sp³-hybridized carbons (Fsp3) is 0.308. The van der Waals surface area contributed by atoms with Gasteiger partial charge >= 0.3 is 0 Å². The van der Waals surface area contributed by atoms with Crippen LogP contribution in [0.2, 0.25) is 0 Å². The van der Waals surface area contributed by atoms with Gasteiger partial charge in [0.25, 0.3) is 0 Å². The van der Waals surface area contributed by atoms with Crippen LogP contribution in [0.25, 0.3) is 0 Å². The van der Waals surface area contributed by atoms with E-state index in [0.29, 0.717) is 0 Å². The third kappa shape index (κ3) is 5.74. The summed E-state index contributed by atoms with van der Waals surface area (Å²) in [5, 5.41) is 5.15. The average Bonchev–Trinajstić information content (AvgIpc) is 2.86. The Balaban J connectivity index is 1.40. The lowest BCUT2D eigenvalue weighted by atomic mass is 9.84. The van der Waals surface area contributed by atoms with E-state index in [9.17, 15) is 4.79 Å². The molecule has 2 aromatic carbocycles. The van der Waals surface area contributed by atoms with Crippen LogP contribution in [0, 0.1) is 5.92 Å². The first kappa shape index (κ1) is 22.5. The van der Waals surface area contributed by atoms with Crippen molar-refractivity contribution in [2.45, 2.75) is 37.6 Å². The number of rotatable bonds is 8. The lowest BCUT2D eigenvalue weighted by Gasteiger charge is -2.37. The summed E-state index contributed by atoms with van der Waals surface area (Å²) >= 11 is 6.22. The van der Waals surface area contributed by atoms with E-state index in [1.807, 2.05) is 24.3 Å². The summed E-state index contributed by atoms with van der Waals surface area (Å²) < 4.78 is 0. The number of anilines is 1. The Morgan fingerprint density at radius 2 is 1.47 bits per heavy atom. The molecule has 1 aromatic heterocycles. The first-order chi connectivity index (χ1) is 15.7. The number of carbonyl (C=O) groups is 1. The Kier molecular flexibility index (Phi) is 7.88. The number of amides is 1. The van der Waals surface area contributed by atoms with Gasteiger partial charge < -0.3 is 5.32 Å². The Morgan fingerprint density at radius 1 is 0.906 bits per heavy atom. The predicted octanol–water partition coefficient (Wildman–Crippen LogP) is 5.37. The molecule has 0 bridgehead atoms. The van der Waals surface area contributed by atoms with Crippen molar-refractivity contribution in [2.24, 2.45) is 5.92 Å². The lowest BCUT2D eigenvalue weighted by molar-refractivity contribution is -0.121. The van der Waals surface area contributed by atoms with Gasteiger partial charge in [-0.15, -0.1) is 0 Å². The smallest absolute Gasteiger partial charge is 0.227 e. The molecule has 0 unspecified atom stereocenters. The molecule has 0 aliphatic heterocycles. The van der Waals surface area contributed by atoms with Crippen molar-refractivity contribution in [1.29, 1.82) is 0 Å². The quantitative estimate of drug-likeness (QED) is 0.359. The van der Waals surface area contributed by atoms with E-state index in [2.05, 4.69) is 68.8 Å². The van der Waals surface area contributed by atoms with Gasteiger partial charge in [-0.3, -0.25) is 9.78 Å². The van der Waals surface area contributed by atoms with E-state index >= 15 is 0 Å². The number of halogens is 1. The van der Waals surface area contributed by atoms with Gasteiger partial charge in [0.1, 0.15) is 0 Å². The molecule has 1 fully saturated rings. The third-order valence-corrected chi connectivity index (χ3v) is 6.56. The second-order valence-electron chi connectivity index (χ2n) is 8.34. The maximum absolute atomic E-state index is 12.7. The van der Waals surface area contributed by atoms with Gasteiger partial charge in [0, 0.05) is 42.5 Å². The number of hydrazine groups is 1. The van der Waals surface area contributed by atoms with E-state index in [1.54, 1.807) is 12.4 Å². The summed E-state index contributed by atoms with van der Waals surface area (Å²) in [6.45, 7) is 0.760. The van der Waals surface area contributed by atoms with Crippen molar-refractivity contribution in [3.8, 4) is 0 Å². The van der Waals surface area contributed by atoms with Crippen molar-refractivity contribution < 1.29 is 4.79 Å². The van der Waals surface area contributed by atoms with E-state index in [0.717, 1.165) is 37.9 Å². The van der Waals surface area contributed by atoms with Gasteiger partial charge in [0.15, 0.2) is 0 Å². The molecule has 0 atom stereocenters. The van der Waals surface area contributed by atoms with Crippen LogP contribution < -0.4 is 10.3 Å². The standard InChI is InChI=1S/C26H29ClN4O/c27-30-31(19-25(20-7-3-1-4-8-20)21-9-5-2-6-10-21)24-13-11-22(12-14-24)26(32)29-23-15-17-28-18-16-23/h1-10,15-18,22,24-25,30H,11-14,19H2,(H,28,29,32). The molecule has 32 heavy (non-hydrogen) atoms. The van der Waals surface area contributed by atoms with Crippen LogP contribution in [-0.4, -0.2) is 28.5 Å². The number of carbonyl (C=O) groups excluding carboxylic acids is 1. The molecule has 1 aliphatic carbocycles. The van der Waals surface area contributed by atoms with Crippen molar-refractivity contribution in [3.05, 3.63) is 96.3 Å². The topological polar surface area (TPSA) is 57.3 Å². The van der Waals surface area contributed by atoms with Crippen molar-refractivity contribution in [2.75, 3.05) is 11.9 Å². The predicted molar refractivity (Wildman–Crippen MR) is 129 cm³/mol. The van der Waals surface area contributed by atoms with E-state index in [4.69, 9.17) is 11.8 Å². The maximum Gasteiger partial charge on any atom is 0.227 e. The van der Waals surface area contributed by atoms with Crippen LogP contribution in [-0.2, 0) is 4.79 Å². The fourth-order valence-electron chi connectivity index (χ4n) is 4.55. The molecule has 6 heteroatoms. The van der Waals surface area contributed by atoms with Gasteiger partial charge in [0.2, 0.25) is 5.91 Å². The zero-order valence-electron chi connectivity index (χ0n) is 18.0. The number of pyridine rings is 1. The molecule has 1 aliphatic rings. The van der Waals surface area contributed by atoms with Crippen LogP contribution in [0.15, 0.2) is 85.2 Å². The highest BCUT2D eigenvalue weighted by Gasteiger charge is 2.31. The van der Waals surface area contributed by atoms with Crippen molar-refractivity contribution >= 4 is 23.4 Å². The first-order valence-electron chi connectivity index (χ1n) is 11.2. The molecule has 0 radical (unpaired) electrons. The highest BCUT2D eigenvalue weighted by Crippen LogP contribution is 2.31.